The molecule has 5 nitrogen and oxygen atoms in total. The van der Waals surface area contributed by atoms with Crippen molar-refractivity contribution in [2.45, 2.75) is 110 Å². The van der Waals surface area contributed by atoms with Gasteiger partial charge in [-0.15, -0.1) is 0 Å². The predicted molar refractivity (Wildman–Crippen MR) is 148 cm³/mol. The zero-order valence-corrected chi connectivity index (χ0v) is 22.9. The summed E-state index contributed by atoms with van der Waals surface area (Å²) in [6, 6.07) is 16.7. The smallest absolute Gasteiger partial charge is 0.308 e. The monoisotopic (exact) mass is 508 g/mol. The summed E-state index contributed by atoms with van der Waals surface area (Å²) >= 11 is 0. The van der Waals surface area contributed by atoms with Gasteiger partial charge in [0.25, 0.3) is 0 Å². The molecule has 5 heteroatoms. The van der Waals surface area contributed by atoms with Crippen LogP contribution in [0.25, 0.3) is 0 Å². The first kappa shape index (κ1) is 30.3. The summed E-state index contributed by atoms with van der Waals surface area (Å²) in [6.07, 6.45) is 12.8. The van der Waals surface area contributed by atoms with E-state index >= 15 is 0 Å². The van der Waals surface area contributed by atoms with Crippen molar-refractivity contribution in [3.63, 3.8) is 0 Å². The van der Waals surface area contributed by atoms with E-state index in [0.717, 1.165) is 24.0 Å². The largest absolute Gasteiger partial charge is 0.462 e. The van der Waals surface area contributed by atoms with E-state index < -0.39 is 12.0 Å². The van der Waals surface area contributed by atoms with Crippen molar-refractivity contribution in [2.75, 3.05) is 0 Å². The van der Waals surface area contributed by atoms with Gasteiger partial charge in [-0.2, -0.15) is 0 Å². The van der Waals surface area contributed by atoms with Crippen LogP contribution in [0, 0.1) is 0 Å². The Morgan fingerprint density at radius 3 is 1.76 bits per heavy atom. The van der Waals surface area contributed by atoms with Gasteiger partial charge in [-0.25, -0.2) is 0 Å². The van der Waals surface area contributed by atoms with Crippen molar-refractivity contribution >= 4 is 17.7 Å². The van der Waals surface area contributed by atoms with E-state index in [-0.39, 0.29) is 24.1 Å². The highest BCUT2D eigenvalue weighted by Gasteiger charge is 2.26. The third kappa shape index (κ3) is 12.2. The van der Waals surface area contributed by atoms with Crippen LogP contribution in [0.4, 0.5) is 0 Å². The van der Waals surface area contributed by atoms with Gasteiger partial charge in [-0.3, -0.25) is 14.4 Å². The molecule has 37 heavy (non-hydrogen) atoms. The predicted octanol–water partition coefficient (Wildman–Crippen LogP) is 7.95. The van der Waals surface area contributed by atoms with Crippen molar-refractivity contribution in [1.29, 1.82) is 0 Å². The number of unbranched alkanes of at least 4 members (excludes halogenated alkanes) is 9. The maximum atomic E-state index is 13.6. The van der Waals surface area contributed by atoms with Crippen molar-refractivity contribution in [3.8, 4) is 5.75 Å². The summed E-state index contributed by atoms with van der Waals surface area (Å²) in [5, 5.41) is 0. The van der Waals surface area contributed by atoms with E-state index in [4.69, 9.17) is 9.47 Å². The molecule has 202 valence electrons. The zero-order chi connectivity index (χ0) is 26.9. The van der Waals surface area contributed by atoms with Crippen molar-refractivity contribution in [1.82, 2.24) is 0 Å². The Morgan fingerprint density at radius 2 is 1.22 bits per heavy atom. The van der Waals surface area contributed by atoms with Gasteiger partial charge in [0.1, 0.15) is 17.6 Å². The van der Waals surface area contributed by atoms with Crippen LogP contribution in [0.5, 0.6) is 5.75 Å². The number of rotatable bonds is 18. The highest BCUT2D eigenvalue weighted by atomic mass is 16.5. The van der Waals surface area contributed by atoms with Crippen LogP contribution in [0.3, 0.4) is 0 Å². The number of benzene rings is 2. The third-order valence-corrected chi connectivity index (χ3v) is 6.57. The Bertz CT molecular complexity index is 935. The number of carbonyl (C=O) groups excluding carboxylic acids is 3. The Balaban J connectivity index is 1.97. The number of esters is 2. The molecule has 0 spiro atoms. The lowest BCUT2D eigenvalue weighted by Gasteiger charge is -2.22. The molecule has 2 aromatic rings. The molecule has 0 fully saturated rings. The zero-order valence-electron chi connectivity index (χ0n) is 22.9. The van der Waals surface area contributed by atoms with E-state index in [2.05, 4.69) is 6.92 Å². The van der Waals surface area contributed by atoms with E-state index in [1.54, 1.807) is 12.1 Å². The van der Waals surface area contributed by atoms with Crippen LogP contribution in [-0.2, 0) is 19.1 Å². The number of Topliss-reactive ketones (excluding diaryl/α,β-unsaturated/α-hetero) is 1. The lowest BCUT2D eigenvalue weighted by atomic mass is 9.85. The van der Waals surface area contributed by atoms with Crippen LogP contribution in [0.1, 0.15) is 115 Å². The Hall–Kier alpha value is -2.95. The summed E-state index contributed by atoms with van der Waals surface area (Å²) in [7, 11) is 0. The van der Waals surface area contributed by atoms with Crippen LogP contribution in [0.2, 0.25) is 0 Å². The molecule has 2 unspecified atom stereocenters. The first-order valence-corrected chi connectivity index (χ1v) is 13.9. The molecule has 0 amide bonds. The average Bonchev–Trinajstić information content (AvgIpc) is 2.86. The Kier molecular flexibility index (Phi) is 14.3. The molecule has 0 heterocycles. The molecule has 2 rings (SSSR count). The molecule has 0 radical (unpaired) electrons. The molecule has 0 aliphatic heterocycles. The van der Waals surface area contributed by atoms with Gasteiger partial charge in [-0.1, -0.05) is 107 Å². The fourth-order valence-electron chi connectivity index (χ4n) is 4.74. The normalized spacial score (nSPS) is 12.5. The lowest BCUT2D eigenvalue weighted by molar-refractivity contribution is -0.148. The number of hydrogen-bond donors (Lipinski definition) is 0. The van der Waals surface area contributed by atoms with E-state index in [0.29, 0.717) is 12.2 Å². The minimum atomic E-state index is -0.488. The molecule has 0 aliphatic carbocycles. The van der Waals surface area contributed by atoms with Crippen molar-refractivity contribution in [2.24, 2.45) is 0 Å². The fraction of sp³-hybridized carbons (Fsp3) is 0.531. The molecule has 0 aromatic heterocycles. The molecule has 0 N–H and O–H groups in total. The second kappa shape index (κ2) is 17.5. The maximum Gasteiger partial charge on any atom is 0.308 e. The first-order chi connectivity index (χ1) is 17.9. The summed E-state index contributed by atoms with van der Waals surface area (Å²) in [4.78, 5) is 36.6. The van der Waals surface area contributed by atoms with E-state index in [9.17, 15) is 14.4 Å². The topological polar surface area (TPSA) is 69.7 Å². The van der Waals surface area contributed by atoms with E-state index in [1.165, 1.54) is 65.2 Å². The molecule has 2 atom stereocenters. The molecular formula is C32H44O5. The Labute approximate surface area is 222 Å². The van der Waals surface area contributed by atoms with Crippen LogP contribution >= 0.6 is 0 Å². The van der Waals surface area contributed by atoms with Crippen LogP contribution < -0.4 is 4.74 Å². The third-order valence-electron chi connectivity index (χ3n) is 6.57. The van der Waals surface area contributed by atoms with Gasteiger partial charge in [0.15, 0.2) is 0 Å². The molecule has 2 aromatic carbocycles. The van der Waals surface area contributed by atoms with E-state index in [1.807, 2.05) is 42.5 Å². The average molecular weight is 509 g/mol. The van der Waals surface area contributed by atoms with Gasteiger partial charge in [0, 0.05) is 20.3 Å². The van der Waals surface area contributed by atoms with Gasteiger partial charge < -0.3 is 9.47 Å². The molecule has 0 saturated heterocycles. The number of ketones is 1. The fourth-order valence-corrected chi connectivity index (χ4v) is 4.74. The lowest BCUT2D eigenvalue weighted by Crippen LogP contribution is -2.24. The summed E-state index contributed by atoms with van der Waals surface area (Å²) in [6.45, 7) is 5.00. The number of ether oxygens (including phenoxy) is 2. The van der Waals surface area contributed by atoms with Gasteiger partial charge in [0.05, 0.1) is 5.92 Å². The molecule has 0 bridgehead atoms. The first-order valence-electron chi connectivity index (χ1n) is 13.9. The summed E-state index contributed by atoms with van der Waals surface area (Å²) in [5.41, 5.74) is 1.70. The standard InChI is InChI=1S/C32H44O5/c1-4-5-6-7-8-9-10-11-12-16-19-30(37-26(3)34)24-31(35)32(27-17-14-13-15-18-27)28-20-22-29(23-21-28)36-25(2)33/h13-15,17-18,20-23,30,32H,4-12,16,19,24H2,1-3H3. The number of hydrogen-bond acceptors (Lipinski definition) is 5. The van der Waals surface area contributed by atoms with Crippen molar-refractivity contribution in [3.05, 3.63) is 65.7 Å². The quantitative estimate of drug-likeness (QED) is 0.116. The molecular weight excluding hydrogens is 464 g/mol. The van der Waals surface area contributed by atoms with Gasteiger partial charge in [0.2, 0.25) is 0 Å². The van der Waals surface area contributed by atoms with Crippen LogP contribution in [0.15, 0.2) is 54.6 Å². The minimum Gasteiger partial charge on any atom is -0.462 e. The number of carbonyl (C=O) groups is 3. The van der Waals surface area contributed by atoms with Crippen LogP contribution in [-0.4, -0.2) is 23.8 Å². The highest BCUT2D eigenvalue weighted by Crippen LogP contribution is 2.30. The highest BCUT2D eigenvalue weighted by molar-refractivity contribution is 5.89. The van der Waals surface area contributed by atoms with Crippen molar-refractivity contribution < 1.29 is 23.9 Å². The Morgan fingerprint density at radius 1 is 0.676 bits per heavy atom. The molecule has 0 saturated carbocycles. The minimum absolute atomic E-state index is 0.00441. The van der Waals surface area contributed by atoms with Gasteiger partial charge in [-0.05, 0) is 36.1 Å². The summed E-state index contributed by atoms with van der Waals surface area (Å²) in [5.74, 6) is -0.788. The van der Waals surface area contributed by atoms with Gasteiger partial charge >= 0.3 is 11.9 Å². The summed E-state index contributed by atoms with van der Waals surface area (Å²) < 4.78 is 10.7. The maximum absolute atomic E-state index is 13.6. The second-order valence-corrected chi connectivity index (χ2v) is 9.88. The SMILES string of the molecule is CCCCCCCCCCCCC(CC(=O)C(c1ccccc1)c1ccc(OC(C)=O)cc1)OC(C)=O. The second-order valence-electron chi connectivity index (χ2n) is 9.88. The molecule has 0 aliphatic rings.